The van der Waals surface area contributed by atoms with Crippen molar-refractivity contribution in [1.29, 1.82) is 0 Å². The van der Waals surface area contributed by atoms with Gasteiger partial charge in [-0.1, -0.05) is 0 Å². The lowest BCUT2D eigenvalue weighted by atomic mass is 10.1. The molecule has 2 amide bonds. The van der Waals surface area contributed by atoms with E-state index in [1.807, 2.05) is 4.90 Å². The number of likely N-dealkylation sites (N-methyl/N-ethyl adjacent to an activating group) is 1. The summed E-state index contributed by atoms with van der Waals surface area (Å²) in [4.78, 5) is 17.3. The molecule has 0 saturated carbocycles. The average molecular weight is 199 g/mol. The zero-order valence-corrected chi connectivity index (χ0v) is 9.82. The number of carbonyl (C=O) groups excluding carboxylic acids is 1. The quantitative estimate of drug-likeness (QED) is 0.654. The van der Waals surface area contributed by atoms with Crippen molar-refractivity contribution in [2.24, 2.45) is 0 Å². The highest BCUT2D eigenvalue weighted by Crippen LogP contribution is 2.16. The molecule has 1 fully saturated rings. The third kappa shape index (κ3) is 2.18. The van der Waals surface area contributed by atoms with Crippen LogP contribution in [0, 0.1) is 0 Å². The molecule has 1 aliphatic rings. The van der Waals surface area contributed by atoms with Crippen LogP contribution in [0.3, 0.4) is 0 Å². The highest BCUT2D eigenvalue weighted by Gasteiger charge is 2.34. The van der Waals surface area contributed by atoms with Crippen LogP contribution in [0.5, 0.6) is 0 Å². The number of rotatable bonds is 2. The maximum absolute atomic E-state index is 11.5. The smallest absolute Gasteiger partial charge is 0.319 e. The Bertz CT molecular complexity index is 209. The van der Waals surface area contributed by atoms with E-state index >= 15 is 0 Å². The van der Waals surface area contributed by atoms with E-state index < -0.39 is 0 Å². The number of amides is 2. The second kappa shape index (κ2) is 4.17. The molecule has 0 N–H and O–H groups in total. The summed E-state index contributed by atoms with van der Waals surface area (Å²) in [6.07, 6.45) is 0. The van der Waals surface area contributed by atoms with Gasteiger partial charge in [0.2, 0.25) is 0 Å². The fourth-order valence-electron chi connectivity index (χ4n) is 1.57. The van der Waals surface area contributed by atoms with Gasteiger partial charge in [0.25, 0.3) is 0 Å². The van der Waals surface area contributed by atoms with E-state index in [9.17, 15) is 4.79 Å². The van der Waals surface area contributed by atoms with E-state index in [0.29, 0.717) is 12.1 Å². The minimum Gasteiger partial charge on any atom is -0.331 e. The average Bonchev–Trinajstić information content (AvgIpc) is 2.00. The summed E-state index contributed by atoms with van der Waals surface area (Å²) >= 11 is 0. The summed E-state index contributed by atoms with van der Waals surface area (Å²) in [5.74, 6) is 0. The molecule has 0 bridgehead atoms. The number of hydrogen-bond acceptors (Lipinski definition) is 2. The molecular weight excluding hydrogens is 178 g/mol. The van der Waals surface area contributed by atoms with Crippen molar-refractivity contribution in [2.75, 3.05) is 34.2 Å². The summed E-state index contributed by atoms with van der Waals surface area (Å²) in [5, 5.41) is 0. The van der Waals surface area contributed by atoms with Gasteiger partial charge in [0.15, 0.2) is 0 Å². The molecule has 0 aromatic carbocycles. The lowest BCUT2D eigenvalue weighted by Crippen LogP contribution is -2.62. The van der Waals surface area contributed by atoms with E-state index in [2.05, 4.69) is 25.8 Å². The van der Waals surface area contributed by atoms with Crippen LogP contribution in [-0.4, -0.2) is 67.0 Å². The van der Waals surface area contributed by atoms with Gasteiger partial charge in [0.05, 0.1) is 0 Å². The molecule has 4 nitrogen and oxygen atoms in total. The Balaban J connectivity index is 2.33. The summed E-state index contributed by atoms with van der Waals surface area (Å²) in [6, 6.07) is 1.22. The van der Waals surface area contributed by atoms with Crippen LogP contribution in [0.25, 0.3) is 0 Å². The summed E-state index contributed by atoms with van der Waals surface area (Å²) < 4.78 is 0. The zero-order chi connectivity index (χ0) is 10.9. The normalized spacial score (nSPS) is 17.5. The minimum absolute atomic E-state index is 0.124. The van der Waals surface area contributed by atoms with E-state index in [4.69, 9.17) is 0 Å². The minimum atomic E-state index is 0.124. The SMILES string of the molecule is CC(C)N(C)C1CN(C(=O)N(C)C)C1. The first-order chi connectivity index (χ1) is 6.43. The fourth-order valence-corrected chi connectivity index (χ4v) is 1.57. The molecule has 4 heteroatoms. The van der Waals surface area contributed by atoms with Gasteiger partial charge in [-0.05, 0) is 20.9 Å². The van der Waals surface area contributed by atoms with Crippen molar-refractivity contribution < 1.29 is 4.79 Å². The lowest BCUT2D eigenvalue weighted by molar-refractivity contribution is 0.0468. The Morgan fingerprint density at radius 2 is 1.79 bits per heavy atom. The molecule has 0 aromatic rings. The number of carbonyl (C=O) groups is 1. The predicted octanol–water partition coefficient (Wildman–Crippen LogP) is 0.692. The second-order valence-corrected chi connectivity index (χ2v) is 4.50. The van der Waals surface area contributed by atoms with E-state index in [-0.39, 0.29) is 6.03 Å². The Morgan fingerprint density at radius 3 is 2.14 bits per heavy atom. The van der Waals surface area contributed by atoms with Gasteiger partial charge in [0, 0.05) is 39.3 Å². The third-order valence-corrected chi connectivity index (χ3v) is 2.91. The molecule has 0 radical (unpaired) electrons. The van der Waals surface area contributed by atoms with Gasteiger partial charge in [0.1, 0.15) is 0 Å². The molecule has 0 aliphatic carbocycles. The first-order valence-electron chi connectivity index (χ1n) is 5.11. The molecule has 0 unspecified atom stereocenters. The topological polar surface area (TPSA) is 26.8 Å². The van der Waals surface area contributed by atoms with Crippen LogP contribution >= 0.6 is 0 Å². The molecule has 1 aliphatic heterocycles. The van der Waals surface area contributed by atoms with Gasteiger partial charge in [-0.2, -0.15) is 0 Å². The summed E-state index contributed by atoms with van der Waals surface area (Å²) in [6.45, 7) is 6.09. The zero-order valence-electron chi connectivity index (χ0n) is 9.82. The molecule has 0 aromatic heterocycles. The molecule has 14 heavy (non-hydrogen) atoms. The molecule has 1 saturated heterocycles. The van der Waals surface area contributed by atoms with Crippen molar-refractivity contribution in [2.45, 2.75) is 25.9 Å². The molecule has 82 valence electrons. The van der Waals surface area contributed by atoms with Gasteiger partial charge >= 0.3 is 6.03 Å². The maximum Gasteiger partial charge on any atom is 0.319 e. The van der Waals surface area contributed by atoms with Gasteiger partial charge in [-0.15, -0.1) is 0 Å². The monoisotopic (exact) mass is 199 g/mol. The van der Waals surface area contributed by atoms with Crippen LogP contribution in [0.15, 0.2) is 0 Å². The lowest BCUT2D eigenvalue weighted by Gasteiger charge is -2.46. The van der Waals surface area contributed by atoms with Crippen molar-refractivity contribution in [1.82, 2.24) is 14.7 Å². The summed E-state index contributed by atoms with van der Waals surface area (Å²) in [7, 11) is 5.70. The number of urea groups is 1. The molecule has 0 atom stereocenters. The number of hydrogen-bond donors (Lipinski definition) is 0. The fraction of sp³-hybridized carbons (Fsp3) is 0.900. The van der Waals surface area contributed by atoms with Crippen molar-refractivity contribution in [3.63, 3.8) is 0 Å². The van der Waals surface area contributed by atoms with Crippen molar-refractivity contribution in [3.05, 3.63) is 0 Å². The standard InChI is InChI=1S/C10H21N3O/c1-8(2)12(5)9-6-13(7-9)10(14)11(3)4/h8-9H,6-7H2,1-5H3. The van der Waals surface area contributed by atoms with E-state index in [0.717, 1.165) is 13.1 Å². The van der Waals surface area contributed by atoms with Gasteiger partial charge in [-0.3, -0.25) is 4.90 Å². The highest BCUT2D eigenvalue weighted by molar-refractivity contribution is 5.74. The van der Waals surface area contributed by atoms with Crippen LogP contribution < -0.4 is 0 Å². The Kier molecular flexibility index (Phi) is 3.37. The van der Waals surface area contributed by atoms with E-state index in [1.165, 1.54) is 0 Å². The number of nitrogens with zero attached hydrogens (tertiary/aromatic N) is 3. The molecule has 1 heterocycles. The highest BCUT2D eigenvalue weighted by atomic mass is 16.2. The van der Waals surface area contributed by atoms with Crippen molar-refractivity contribution in [3.8, 4) is 0 Å². The van der Waals surface area contributed by atoms with Gasteiger partial charge in [-0.25, -0.2) is 4.79 Å². The Morgan fingerprint density at radius 1 is 1.29 bits per heavy atom. The third-order valence-electron chi connectivity index (χ3n) is 2.91. The van der Waals surface area contributed by atoms with Crippen molar-refractivity contribution >= 4 is 6.03 Å². The first kappa shape index (κ1) is 11.3. The van der Waals surface area contributed by atoms with Gasteiger partial charge < -0.3 is 9.80 Å². The maximum atomic E-state index is 11.5. The molecule has 1 rings (SSSR count). The van der Waals surface area contributed by atoms with Crippen LogP contribution in [-0.2, 0) is 0 Å². The Labute approximate surface area is 86.5 Å². The summed E-state index contributed by atoms with van der Waals surface area (Å²) in [5.41, 5.74) is 0. The van der Waals surface area contributed by atoms with E-state index in [1.54, 1.807) is 19.0 Å². The molecule has 0 spiro atoms. The van der Waals surface area contributed by atoms with Crippen LogP contribution in [0.2, 0.25) is 0 Å². The van der Waals surface area contributed by atoms with Crippen LogP contribution in [0.1, 0.15) is 13.8 Å². The predicted molar refractivity (Wildman–Crippen MR) is 57.3 cm³/mol. The first-order valence-corrected chi connectivity index (χ1v) is 5.11. The largest absolute Gasteiger partial charge is 0.331 e. The second-order valence-electron chi connectivity index (χ2n) is 4.50. The number of likely N-dealkylation sites (tertiary alicyclic amines) is 1. The van der Waals surface area contributed by atoms with Crippen LogP contribution in [0.4, 0.5) is 4.79 Å². The molecular formula is C10H21N3O. The Hall–Kier alpha value is -0.770.